The molecular formula is C39H42O8. The summed E-state index contributed by atoms with van der Waals surface area (Å²) in [5.74, 6) is -0.932. The van der Waals surface area contributed by atoms with E-state index in [1.807, 2.05) is 0 Å². The summed E-state index contributed by atoms with van der Waals surface area (Å²) in [6.07, 6.45) is 6.92. The lowest BCUT2D eigenvalue weighted by Gasteiger charge is -2.20. The molecule has 0 saturated heterocycles. The molecule has 0 heterocycles. The van der Waals surface area contributed by atoms with Gasteiger partial charge in [0.25, 0.3) is 0 Å². The number of esters is 1. The minimum atomic E-state index is -0.826. The van der Waals surface area contributed by atoms with Crippen molar-refractivity contribution < 1.29 is 38.8 Å². The second kappa shape index (κ2) is 18.1. The normalized spacial score (nSPS) is 10.9. The number of rotatable bonds is 19. The molecule has 0 atom stereocenters. The lowest BCUT2D eigenvalue weighted by molar-refractivity contribution is -0.152. The van der Waals surface area contributed by atoms with Gasteiger partial charge in [-0.2, -0.15) is 0 Å². The third kappa shape index (κ3) is 10.7. The maximum Gasteiger partial charge on any atom is 0.306 e. The summed E-state index contributed by atoms with van der Waals surface area (Å²) in [5, 5.41) is 21.2. The first-order chi connectivity index (χ1) is 22.9. The predicted octanol–water partition coefficient (Wildman–Crippen LogP) is 8.07. The standard InChI is InChI=1S/C39H42O8/c1-2-3-4-5-6-7-14-19-37(42)47-32(26-45-30-20-22-33(35(40)24-30)38(43)28-15-10-8-11-16-28)27-46-31-21-23-34(36(41)25-31)39(44)29-17-12-9-13-18-29/h8-13,15-18,20-25,32,40-41H,2-7,14,19,26-27H2,1H3. The predicted molar refractivity (Wildman–Crippen MR) is 179 cm³/mol. The van der Waals surface area contributed by atoms with E-state index in [9.17, 15) is 24.6 Å². The maximum atomic E-state index is 12.8. The summed E-state index contributed by atoms with van der Waals surface area (Å²) in [4.78, 5) is 38.3. The second-order valence-corrected chi connectivity index (χ2v) is 11.4. The zero-order valence-electron chi connectivity index (χ0n) is 26.7. The number of benzene rings is 4. The van der Waals surface area contributed by atoms with Crippen LogP contribution in [0.15, 0.2) is 97.1 Å². The van der Waals surface area contributed by atoms with Crippen LogP contribution in [0.4, 0.5) is 0 Å². The first-order valence-electron chi connectivity index (χ1n) is 16.2. The molecule has 0 spiro atoms. The molecule has 0 aliphatic rings. The molecule has 4 aromatic rings. The molecule has 0 fully saturated rings. The highest BCUT2D eigenvalue weighted by Gasteiger charge is 2.20. The number of phenols is 2. The van der Waals surface area contributed by atoms with Crippen molar-refractivity contribution in [1.82, 2.24) is 0 Å². The van der Waals surface area contributed by atoms with Gasteiger partial charge in [-0.05, 0) is 30.7 Å². The van der Waals surface area contributed by atoms with Crippen LogP contribution < -0.4 is 9.47 Å². The number of carbonyl (C=O) groups is 3. The van der Waals surface area contributed by atoms with Gasteiger partial charge in [-0.15, -0.1) is 0 Å². The topological polar surface area (TPSA) is 119 Å². The number of carbonyl (C=O) groups excluding carboxylic acids is 3. The van der Waals surface area contributed by atoms with Crippen LogP contribution in [-0.4, -0.2) is 47.1 Å². The maximum absolute atomic E-state index is 12.8. The van der Waals surface area contributed by atoms with Gasteiger partial charge in [0.15, 0.2) is 17.7 Å². The average molecular weight is 639 g/mol. The van der Waals surface area contributed by atoms with Crippen molar-refractivity contribution in [3.63, 3.8) is 0 Å². The quantitative estimate of drug-likeness (QED) is 0.0601. The molecule has 47 heavy (non-hydrogen) atoms. The summed E-state index contributed by atoms with van der Waals surface area (Å²) in [7, 11) is 0. The Balaban J connectivity index is 1.38. The van der Waals surface area contributed by atoms with Crippen LogP contribution in [0.1, 0.15) is 90.1 Å². The highest BCUT2D eigenvalue weighted by molar-refractivity contribution is 6.11. The molecule has 0 aromatic heterocycles. The van der Waals surface area contributed by atoms with E-state index in [-0.39, 0.29) is 71.3 Å². The van der Waals surface area contributed by atoms with E-state index < -0.39 is 6.10 Å². The van der Waals surface area contributed by atoms with Crippen molar-refractivity contribution in [3.05, 3.63) is 119 Å². The molecule has 0 aliphatic carbocycles. The Labute approximate surface area is 275 Å². The van der Waals surface area contributed by atoms with Crippen molar-refractivity contribution in [2.75, 3.05) is 13.2 Å². The molecule has 2 N–H and O–H groups in total. The smallest absolute Gasteiger partial charge is 0.306 e. The lowest BCUT2D eigenvalue weighted by Crippen LogP contribution is -2.31. The number of ketones is 2. The molecule has 8 heteroatoms. The van der Waals surface area contributed by atoms with E-state index in [2.05, 4.69) is 6.92 Å². The highest BCUT2D eigenvalue weighted by Crippen LogP contribution is 2.28. The van der Waals surface area contributed by atoms with Crippen molar-refractivity contribution in [3.8, 4) is 23.0 Å². The molecule has 246 valence electrons. The Kier molecular flexibility index (Phi) is 13.4. The number of phenolic OH excluding ortho intramolecular Hbond substituents is 2. The molecule has 4 aromatic carbocycles. The van der Waals surface area contributed by atoms with Gasteiger partial charge in [0.2, 0.25) is 0 Å². The monoisotopic (exact) mass is 638 g/mol. The number of hydrogen-bond acceptors (Lipinski definition) is 8. The van der Waals surface area contributed by atoms with Crippen LogP contribution in [-0.2, 0) is 9.53 Å². The molecule has 0 saturated carbocycles. The first-order valence-corrected chi connectivity index (χ1v) is 16.2. The molecule has 8 nitrogen and oxygen atoms in total. The third-order valence-corrected chi connectivity index (χ3v) is 7.65. The molecule has 4 rings (SSSR count). The molecule has 0 aliphatic heterocycles. The molecule has 0 unspecified atom stereocenters. The van der Waals surface area contributed by atoms with Crippen LogP contribution in [0, 0.1) is 0 Å². The molecule has 0 radical (unpaired) electrons. The van der Waals surface area contributed by atoms with Crippen LogP contribution in [0.5, 0.6) is 23.0 Å². The van der Waals surface area contributed by atoms with Crippen LogP contribution in [0.25, 0.3) is 0 Å². The third-order valence-electron chi connectivity index (χ3n) is 7.65. The zero-order chi connectivity index (χ0) is 33.4. The van der Waals surface area contributed by atoms with E-state index in [0.717, 1.165) is 25.7 Å². The Morgan fingerprint density at radius 1 is 0.596 bits per heavy atom. The molecule has 0 bridgehead atoms. The number of hydrogen-bond donors (Lipinski definition) is 2. The van der Waals surface area contributed by atoms with Gasteiger partial charge >= 0.3 is 5.97 Å². The average Bonchev–Trinajstić information content (AvgIpc) is 3.09. The highest BCUT2D eigenvalue weighted by atomic mass is 16.6. The Bertz CT molecular complexity index is 1500. The summed E-state index contributed by atoms with van der Waals surface area (Å²) in [6, 6.07) is 26.1. The van der Waals surface area contributed by atoms with Crippen molar-refractivity contribution in [2.45, 2.75) is 64.4 Å². The minimum Gasteiger partial charge on any atom is -0.507 e. The van der Waals surface area contributed by atoms with Gasteiger partial charge in [0.1, 0.15) is 36.2 Å². The van der Waals surface area contributed by atoms with E-state index >= 15 is 0 Å². The van der Waals surface area contributed by atoms with Crippen molar-refractivity contribution in [2.24, 2.45) is 0 Å². The summed E-state index contributed by atoms with van der Waals surface area (Å²) < 4.78 is 17.4. The van der Waals surface area contributed by atoms with Crippen LogP contribution in [0.2, 0.25) is 0 Å². The summed E-state index contributed by atoms with van der Waals surface area (Å²) >= 11 is 0. The molecule has 0 amide bonds. The van der Waals surface area contributed by atoms with E-state index in [1.165, 1.54) is 43.5 Å². The lowest BCUT2D eigenvalue weighted by atomic mass is 10.0. The fourth-order valence-electron chi connectivity index (χ4n) is 5.04. The van der Waals surface area contributed by atoms with Crippen LogP contribution in [0.3, 0.4) is 0 Å². The van der Waals surface area contributed by atoms with Gasteiger partial charge in [0, 0.05) is 29.7 Å². The SMILES string of the molecule is CCCCCCCCCC(=O)OC(COc1ccc(C(=O)c2ccccc2)c(O)c1)COc1ccc(C(=O)c2ccccc2)c(O)c1. The van der Waals surface area contributed by atoms with Gasteiger partial charge in [0.05, 0.1) is 11.1 Å². The summed E-state index contributed by atoms with van der Waals surface area (Å²) in [5.41, 5.74) is 1.17. The molecular weight excluding hydrogens is 596 g/mol. The fourth-order valence-corrected chi connectivity index (χ4v) is 5.04. The Hall–Kier alpha value is -5.11. The van der Waals surface area contributed by atoms with Crippen LogP contribution >= 0.6 is 0 Å². The summed E-state index contributed by atoms with van der Waals surface area (Å²) in [6.45, 7) is 1.99. The minimum absolute atomic E-state index is 0.0925. The van der Waals surface area contributed by atoms with Gasteiger partial charge in [-0.25, -0.2) is 0 Å². The van der Waals surface area contributed by atoms with Crippen molar-refractivity contribution >= 4 is 17.5 Å². The first kappa shape index (κ1) is 34.8. The van der Waals surface area contributed by atoms with Gasteiger partial charge in [-0.1, -0.05) is 106 Å². The number of aromatic hydroxyl groups is 2. The van der Waals surface area contributed by atoms with Gasteiger partial charge < -0.3 is 24.4 Å². The Morgan fingerprint density at radius 3 is 1.49 bits per heavy atom. The second-order valence-electron chi connectivity index (χ2n) is 11.4. The zero-order valence-corrected chi connectivity index (χ0v) is 26.7. The Morgan fingerprint density at radius 2 is 1.04 bits per heavy atom. The van der Waals surface area contributed by atoms with Gasteiger partial charge in [-0.3, -0.25) is 14.4 Å². The van der Waals surface area contributed by atoms with E-state index in [0.29, 0.717) is 11.1 Å². The number of ether oxygens (including phenoxy) is 3. The largest absolute Gasteiger partial charge is 0.507 e. The number of unbranched alkanes of at least 4 members (excludes halogenated alkanes) is 6. The van der Waals surface area contributed by atoms with Crippen molar-refractivity contribution in [1.29, 1.82) is 0 Å². The fraction of sp³-hybridized carbons (Fsp3) is 0.308. The van der Waals surface area contributed by atoms with E-state index in [4.69, 9.17) is 14.2 Å². The van der Waals surface area contributed by atoms with E-state index in [1.54, 1.807) is 72.8 Å².